The van der Waals surface area contributed by atoms with Gasteiger partial charge in [0.1, 0.15) is 10.6 Å². The quantitative estimate of drug-likeness (QED) is 0.474. The molecule has 22 heavy (non-hydrogen) atoms. The van der Waals surface area contributed by atoms with Crippen molar-refractivity contribution in [2.45, 2.75) is 12.7 Å². The zero-order chi connectivity index (χ0) is 16.2. The molecule has 0 saturated carbocycles. The number of aromatic nitrogens is 2. The molecule has 2 rings (SSSR count). The van der Waals surface area contributed by atoms with E-state index in [4.69, 9.17) is 11.6 Å². The molecule has 0 atom stereocenters. The van der Waals surface area contributed by atoms with Crippen molar-refractivity contribution in [2.24, 2.45) is 9.98 Å². The summed E-state index contributed by atoms with van der Waals surface area (Å²) in [5.74, 6) is -1.18. The van der Waals surface area contributed by atoms with Gasteiger partial charge < -0.3 is 4.57 Å². The van der Waals surface area contributed by atoms with Gasteiger partial charge in [-0.15, -0.1) is 0 Å². The van der Waals surface area contributed by atoms with Crippen molar-refractivity contribution >= 4 is 17.4 Å². The Labute approximate surface area is 129 Å². The highest BCUT2D eigenvalue weighted by Crippen LogP contribution is 2.17. The van der Waals surface area contributed by atoms with Gasteiger partial charge in [0.05, 0.1) is 6.54 Å². The van der Waals surface area contributed by atoms with Crippen molar-refractivity contribution in [3.63, 3.8) is 0 Å². The van der Waals surface area contributed by atoms with Gasteiger partial charge in [-0.1, -0.05) is 23.7 Å². The lowest BCUT2D eigenvalue weighted by atomic mass is 10.3. The van der Waals surface area contributed by atoms with Crippen LogP contribution in [0.15, 0.2) is 52.7 Å². The first kappa shape index (κ1) is 16.2. The van der Waals surface area contributed by atoms with Crippen LogP contribution < -0.4 is 5.49 Å². The van der Waals surface area contributed by atoms with Crippen molar-refractivity contribution in [3.8, 4) is 0 Å². The Morgan fingerprint density at radius 2 is 2.05 bits per heavy atom. The Hall–Kier alpha value is -2.15. The van der Waals surface area contributed by atoms with Gasteiger partial charge in [0.2, 0.25) is 5.84 Å². The fraction of sp³-hybridized carbons (Fsp3) is 0.214. The molecule has 0 amide bonds. The van der Waals surface area contributed by atoms with Gasteiger partial charge in [0.25, 0.3) is 0 Å². The molecule has 2 aromatic rings. The number of rotatable bonds is 2. The predicted molar refractivity (Wildman–Crippen MR) is 77.8 cm³/mol. The van der Waals surface area contributed by atoms with Crippen LogP contribution in [0.2, 0.25) is 5.15 Å². The SMILES string of the molecule is C/N=C(/N=c1\ccccn1Cc1ccc(Cl)nc1)C(F)(F)F. The first-order chi connectivity index (χ1) is 10.4. The fourth-order valence-corrected chi connectivity index (χ4v) is 1.86. The zero-order valence-corrected chi connectivity index (χ0v) is 12.3. The molecule has 4 nitrogen and oxygen atoms in total. The van der Waals surface area contributed by atoms with E-state index in [9.17, 15) is 13.2 Å². The molecule has 116 valence electrons. The Kier molecular flexibility index (Phi) is 4.97. The molecular weight excluding hydrogens is 317 g/mol. The molecular formula is C14H12ClF3N4. The Morgan fingerprint density at radius 1 is 1.27 bits per heavy atom. The number of aliphatic imine (C=N–C) groups is 1. The second-order valence-electron chi connectivity index (χ2n) is 4.33. The van der Waals surface area contributed by atoms with Crippen LogP contribution in [-0.2, 0) is 6.54 Å². The van der Waals surface area contributed by atoms with Crippen LogP contribution in [0.3, 0.4) is 0 Å². The van der Waals surface area contributed by atoms with Crippen LogP contribution in [0.5, 0.6) is 0 Å². The molecule has 0 aliphatic rings. The van der Waals surface area contributed by atoms with Crippen molar-refractivity contribution in [3.05, 3.63) is 58.9 Å². The molecule has 0 N–H and O–H groups in total. The topological polar surface area (TPSA) is 42.5 Å². The lowest BCUT2D eigenvalue weighted by Crippen LogP contribution is -2.28. The number of halogens is 4. The summed E-state index contributed by atoms with van der Waals surface area (Å²) in [6.45, 7) is 0.318. The minimum absolute atomic E-state index is 0.148. The molecule has 0 fully saturated rings. The summed E-state index contributed by atoms with van der Waals surface area (Å²) in [6.07, 6.45) is -1.40. The third-order valence-corrected chi connectivity index (χ3v) is 2.97. The van der Waals surface area contributed by atoms with Crippen molar-refractivity contribution in [1.29, 1.82) is 0 Å². The zero-order valence-electron chi connectivity index (χ0n) is 11.5. The van der Waals surface area contributed by atoms with E-state index in [-0.39, 0.29) is 5.49 Å². The van der Waals surface area contributed by atoms with Gasteiger partial charge in [-0.25, -0.2) is 9.98 Å². The highest BCUT2D eigenvalue weighted by molar-refractivity contribution is 6.29. The number of pyridine rings is 2. The van der Waals surface area contributed by atoms with Crippen LogP contribution >= 0.6 is 11.6 Å². The van der Waals surface area contributed by atoms with E-state index in [2.05, 4.69) is 15.0 Å². The number of nitrogens with zero attached hydrogens (tertiary/aromatic N) is 4. The fourth-order valence-electron chi connectivity index (χ4n) is 1.75. The Balaban J connectivity index is 2.40. The van der Waals surface area contributed by atoms with Crippen LogP contribution in [0.4, 0.5) is 13.2 Å². The summed E-state index contributed by atoms with van der Waals surface area (Å²) < 4.78 is 39.8. The van der Waals surface area contributed by atoms with E-state index in [1.54, 1.807) is 41.2 Å². The monoisotopic (exact) mass is 328 g/mol. The first-order valence-electron chi connectivity index (χ1n) is 6.25. The standard InChI is InChI=1S/C14H12ClF3N4/c1-19-13(14(16,17)18)21-12-4-2-3-7-22(12)9-10-5-6-11(15)20-8-10/h2-8H,9H2,1H3/b19-13+,21-12+. The summed E-state index contributed by atoms with van der Waals surface area (Å²) in [5.41, 5.74) is 0.939. The van der Waals surface area contributed by atoms with E-state index in [0.717, 1.165) is 12.6 Å². The lowest BCUT2D eigenvalue weighted by molar-refractivity contribution is -0.0599. The van der Waals surface area contributed by atoms with Crippen LogP contribution in [-0.4, -0.2) is 28.6 Å². The highest BCUT2D eigenvalue weighted by Gasteiger charge is 2.35. The molecule has 0 bridgehead atoms. The van der Waals surface area contributed by atoms with E-state index in [1.807, 2.05) is 0 Å². The van der Waals surface area contributed by atoms with E-state index < -0.39 is 12.0 Å². The summed E-state index contributed by atoms with van der Waals surface area (Å²) in [4.78, 5) is 10.7. The van der Waals surface area contributed by atoms with Crippen molar-refractivity contribution in [1.82, 2.24) is 9.55 Å². The molecule has 0 saturated heterocycles. The molecule has 8 heteroatoms. The van der Waals surface area contributed by atoms with Crippen molar-refractivity contribution < 1.29 is 13.2 Å². The molecule has 2 heterocycles. The van der Waals surface area contributed by atoms with Crippen molar-refractivity contribution in [2.75, 3.05) is 7.05 Å². The average molecular weight is 329 g/mol. The maximum absolute atomic E-state index is 12.8. The number of hydrogen-bond acceptors (Lipinski definition) is 2. The molecule has 0 unspecified atom stereocenters. The first-order valence-corrected chi connectivity index (χ1v) is 6.62. The largest absolute Gasteiger partial charge is 0.451 e. The van der Waals surface area contributed by atoms with Gasteiger partial charge >= 0.3 is 6.18 Å². The van der Waals surface area contributed by atoms with Gasteiger partial charge in [0, 0.05) is 19.4 Å². The van der Waals surface area contributed by atoms with E-state index >= 15 is 0 Å². The second kappa shape index (κ2) is 6.74. The molecule has 0 spiro atoms. The lowest BCUT2D eigenvalue weighted by Gasteiger charge is -2.09. The smallest absolute Gasteiger partial charge is 0.328 e. The predicted octanol–water partition coefficient (Wildman–Crippen LogP) is 3.08. The summed E-state index contributed by atoms with van der Waals surface area (Å²) in [6, 6.07) is 8.17. The molecule has 0 radical (unpaired) electrons. The maximum atomic E-state index is 12.8. The molecule has 2 aromatic heterocycles. The molecule has 0 aliphatic heterocycles. The summed E-state index contributed by atoms with van der Waals surface area (Å²) in [5, 5.41) is 0.351. The van der Waals surface area contributed by atoms with Crippen LogP contribution in [0, 0.1) is 0 Å². The minimum Gasteiger partial charge on any atom is -0.328 e. The summed E-state index contributed by atoms with van der Waals surface area (Å²) in [7, 11) is 1.06. The van der Waals surface area contributed by atoms with E-state index in [1.165, 1.54) is 6.07 Å². The number of alkyl halides is 3. The number of hydrogen-bond donors (Lipinski definition) is 0. The average Bonchev–Trinajstić information content (AvgIpc) is 2.47. The van der Waals surface area contributed by atoms with E-state index in [0.29, 0.717) is 11.7 Å². The van der Waals surface area contributed by atoms with Crippen LogP contribution in [0.1, 0.15) is 5.56 Å². The minimum atomic E-state index is -4.59. The van der Waals surface area contributed by atoms with Gasteiger partial charge in [0.15, 0.2) is 0 Å². The molecule has 0 aromatic carbocycles. The third-order valence-electron chi connectivity index (χ3n) is 2.74. The number of amidine groups is 1. The van der Waals surface area contributed by atoms with Gasteiger partial charge in [-0.05, 0) is 23.8 Å². The van der Waals surface area contributed by atoms with Gasteiger partial charge in [-0.2, -0.15) is 13.2 Å². The molecule has 0 aliphatic carbocycles. The Morgan fingerprint density at radius 3 is 2.64 bits per heavy atom. The normalized spacial score (nSPS) is 13.5. The summed E-state index contributed by atoms with van der Waals surface area (Å²) >= 11 is 5.71. The van der Waals surface area contributed by atoms with Gasteiger partial charge in [-0.3, -0.25) is 4.99 Å². The third kappa shape index (κ3) is 4.17. The highest BCUT2D eigenvalue weighted by atomic mass is 35.5. The van der Waals surface area contributed by atoms with Crippen LogP contribution in [0.25, 0.3) is 0 Å². The second-order valence-corrected chi connectivity index (χ2v) is 4.72. The maximum Gasteiger partial charge on any atom is 0.451 e. The Bertz CT molecular complexity index is 733.